The molecule has 102 valence electrons. The van der Waals surface area contributed by atoms with Crippen molar-refractivity contribution in [2.75, 3.05) is 0 Å². The summed E-state index contributed by atoms with van der Waals surface area (Å²) < 4.78 is 0. The van der Waals surface area contributed by atoms with E-state index >= 15 is 0 Å². The van der Waals surface area contributed by atoms with E-state index < -0.39 is 0 Å². The number of allylic oxidation sites excluding steroid dienone is 4. The van der Waals surface area contributed by atoms with Gasteiger partial charge in [-0.05, 0) is 41.3 Å². The fraction of sp³-hybridized carbons (Fsp3) is 0.100. The first kappa shape index (κ1) is 12.7. The molecule has 0 spiro atoms. The molecule has 0 amide bonds. The third-order valence-electron chi connectivity index (χ3n) is 3.99. The summed E-state index contributed by atoms with van der Waals surface area (Å²) in [5, 5.41) is 0.458. The standard InChI is InChI=1S/C20H16S/c1-14-6-5-9-19-17(12-14)18-13-16(10-11-20(18)21-19)15-7-3-2-4-8-15/h2-13,19H,1H3. The van der Waals surface area contributed by atoms with Crippen LogP contribution in [-0.4, -0.2) is 5.25 Å². The van der Waals surface area contributed by atoms with E-state index in [1.54, 1.807) is 0 Å². The molecule has 0 fully saturated rings. The highest BCUT2D eigenvalue weighted by molar-refractivity contribution is 8.01. The lowest BCUT2D eigenvalue weighted by Gasteiger charge is -2.07. The minimum atomic E-state index is 0.458. The van der Waals surface area contributed by atoms with Gasteiger partial charge in [-0.2, -0.15) is 0 Å². The topological polar surface area (TPSA) is 0 Å². The van der Waals surface area contributed by atoms with Gasteiger partial charge in [-0.3, -0.25) is 0 Å². The van der Waals surface area contributed by atoms with Crippen LogP contribution >= 0.6 is 11.8 Å². The number of fused-ring (bicyclic) bond motifs is 3. The molecule has 0 saturated heterocycles. The Morgan fingerprint density at radius 1 is 0.952 bits per heavy atom. The average Bonchev–Trinajstić information content (AvgIpc) is 2.74. The Kier molecular flexibility index (Phi) is 3.08. The summed E-state index contributed by atoms with van der Waals surface area (Å²) in [7, 11) is 0. The van der Waals surface area contributed by atoms with Gasteiger partial charge < -0.3 is 0 Å². The molecule has 1 heteroatoms. The molecule has 0 aromatic heterocycles. The van der Waals surface area contributed by atoms with Crippen molar-refractivity contribution in [3.8, 4) is 11.1 Å². The normalized spacial score (nSPS) is 19.4. The predicted octanol–water partition coefficient (Wildman–Crippen LogP) is 5.73. The van der Waals surface area contributed by atoms with E-state index in [0.717, 1.165) is 0 Å². The molecule has 0 saturated carbocycles. The summed E-state index contributed by atoms with van der Waals surface area (Å²) in [6, 6.07) is 17.5. The van der Waals surface area contributed by atoms with Crippen LogP contribution in [0.3, 0.4) is 0 Å². The van der Waals surface area contributed by atoms with Crippen molar-refractivity contribution in [1.82, 2.24) is 0 Å². The second-order valence-electron chi connectivity index (χ2n) is 5.51. The molecule has 2 aliphatic rings. The third kappa shape index (κ3) is 2.28. The molecule has 0 radical (unpaired) electrons. The maximum Gasteiger partial charge on any atom is 0.0534 e. The molecular formula is C20H16S. The van der Waals surface area contributed by atoms with E-state index in [1.807, 2.05) is 11.8 Å². The van der Waals surface area contributed by atoms with Gasteiger partial charge in [0.2, 0.25) is 0 Å². The van der Waals surface area contributed by atoms with Gasteiger partial charge in [0.05, 0.1) is 5.25 Å². The summed E-state index contributed by atoms with van der Waals surface area (Å²) in [6.45, 7) is 2.17. The first-order chi connectivity index (χ1) is 10.3. The van der Waals surface area contributed by atoms with Crippen LogP contribution in [0.5, 0.6) is 0 Å². The molecule has 0 nitrogen and oxygen atoms in total. The van der Waals surface area contributed by atoms with E-state index in [9.17, 15) is 0 Å². The summed E-state index contributed by atoms with van der Waals surface area (Å²) in [6.07, 6.45) is 9.00. The van der Waals surface area contributed by atoms with Crippen molar-refractivity contribution in [1.29, 1.82) is 0 Å². The highest BCUT2D eigenvalue weighted by Gasteiger charge is 2.26. The Bertz CT molecular complexity index is 779. The fourth-order valence-electron chi connectivity index (χ4n) is 2.93. The van der Waals surface area contributed by atoms with E-state index in [2.05, 4.69) is 79.8 Å². The van der Waals surface area contributed by atoms with Gasteiger partial charge in [0.15, 0.2) is 0 Å². The van der Waals surface area contributed by atoms with Crippen LogP contribution in [0.2, 0.25) is 0 Å². The van der Waals surface area contributed by atoms with E-state index in [4.69, 9.17) is 0 Å². The smallest absolute Gasteiger partial charge is 0.0534 e. The lowest BCUT2D eigenvalue weighted by atomic mass is 9.96. The van der Waals surface area contributed by atoms with Gasteiger partial charge in [0, 0.05) is 4.90 Å². The Labute approximate surface area is 129 Å². The van der Waals surface area contributed by atoms with Crippen molar-refractivity contribution in [2.45, 2.75) is 17.1 Å². The van der Waals surface area contributed by atoms with Crippen LogP contribution in [0.4, 0.5) is 0 Å². The molecule has 1 aliphatic carbocycles. The zero-order valence-electron chi connectivity index (χ0n) is 11.9. The predicted molar refractivity (Wildman–Crippen MR) is 92.4 cm³/mol. The maximum atomic E-state index is 2.34. The van der Waals surface area contributed by atoms with Gasteiger partial charge in [-0.1, -0.05) is 66.3 Å². The van der Waals surface area contributed by atoms with E-state index in [0.29, 0.717) is 5.25 Å². The Morgan fingerprint density at radius 3 is 2.67 bits per heavy atom. The molecule has 1 aliphatic heterocycles. The van der Waals surface area contributed by atoms with Crippen LogP contribution in [0.25, 0.3) is 16.7 Å². The second kappa shape index (κ2) is 5.09. The molecule has 0 N–H and O–H groups in total. The van der Waals surface area contributed by atoms with Crippen molar-refractivity contribution in [2.24, 2.45) is 0 Å². The van der Waals surface area contributed by atoms with Crippen molar-refractivity contribution >= 4 is 17.3 Å². The fourth-order valence-corrected chi connectivity index (χ4v) is 4.14. The Morgan fingerprint density at radius 2 is 1.81 bits per heavy atom. The van der Waals surface area contributed by atoms with Crippen LogP contribution in [0.15, 0.2) is 83.3 Å². The molecule has 21 heavy (non-hydrogen) atoms. The van der Waals surface area contributed by atoms with Gasteiger partial charge in [0.25, 0.3) is 0 Å². The molecule has 0 bridgehead atoms. The van der Waals surface area contributed by atoms with Crippen LogP contribution in [0, 0.1) is 0 Å². The lowest BCUT2D eigenvalue weighted by Crippen LogP contribution is -1.94. The summed E-state index contributed by atoms with van der Waals surface area (Å²) in [4.78, 5) is 1.39. The van der Waals surface area contributed by atoms with E-state index in [-0.39, 0.29) is 0 Å². The minimum absolute atomic E-state index is 0.458. The average molecular weight is 288 g/mol. The maximum absolute atomic E-state index is 2.34. The monoisotopic (exact) mass is 288 g/mol. The first-order valence-electron chi connectivity index (χ1n) is 7.24. The number of hydrogen-bond acceptors (Lipinski definition) is 1. The van der Waals surface area contributed by atoms with Crippen LogP contribution in [-0.2, 0) is 0 Å². The Hall–Kier alpha value is -1.99. The largest absolute Gasteiger partial charge is 0.113 e. The SMILES string of the molecule is CC1=CC=CC2Sc3ccc(-c4ccccc4)cc3C2=C1. The highest BCUT2D eigenvalue weighted by atomic mass is 32.2. The first-order valence-corrected chi connectivity index (χ1v) is 8.12. The molecule has 1 heterocycles. The Balaban J connectivity index is 1.84. The summed E-state index contributed by atoms with van der Waals surface area (Å²) in [5.74, 6) is 0. The van der Waals surface area contributed by atoms with Gasteiger partial charge >= 0.3 is 0 Å². The summed E-state index contributed by atoms with van der Waals surface area (Å²) in [5.41, 5.74) is 6.74. The van der Waals surface area contributed by atoms with Crippen LogP contribution in [0.1, 0.15) is 12.5 Å². The number of thioether (sulfide) groups is 1. The minimum Gasteiger partial charge on any atom is -0.113 e. The van der Waals surface area contributed by atoms with Crippen molar-refractivity contribution in [3.63, 3.8) is 0 Å². The quantitative estimate of drug-likeness (QED) is 0.646. The molecule has 1 unspecified atom stereocenters. The molecule has 2 aromatic rings. The molecule has 4 rings (SSSR count). The summed E-state index contributed by atoms with van der Waals surface area (Å²) >= 11 is 1.95. The van der Waals surface area contributed by atoms with Gasteiger partial charge in [-0.15, -0.1) is 11.8 Å². The van der Waals surface area contributed by atoms with Gasteiger partial charge in [0.1, 0.15) is 0 Å². The molecular weight excluding hydrogens is 272 g/mol. The van der Waals surface area contributed by atoms with E-state index in [1.165, 1.54) is 32.7 Å². The lowest BCUT2D eigenvalue weighted by molar-refractivity contribution is 1.39. The zero-order valence-corrected chi connectivity index (χ0v) is 12.7. The third-order valence-corrected chi connectivity index (χ3v) is 5.26. The van der Waals surface area contributed by atoms with Gasteiger partial charge in [-0.25, -0.2) is 0 Å². The molecule has 1 atom stereocenters. The van der Waals surface area contributed by atoms with Crippen LogP contribution < -0.4 is 0 Å². The van der Waals surface area contributed by atoms with Crippen molar-refractivity contribution in [3.05, 3.63) is 84.0 Å². The molecule has 2 aromatic carbocycles. The highest BCUT2D eigenvalue weighted by Crippen LogP contribution is 2.47. The van der Waals surface area contributed by atoms with Crippen molar-refractivity contribution < 1.29 is 0 Å². The zero-order chi connectivity index (χ0) is 14.2. The number of benzene rings is 2. The number of rotatable bonds is 1. The second-order valence-corrected chi connectivity index (χ2v) is 6.69. The number of hydrogen-bond donors (Lipinski definition) is 0.